The molecule has 3 atom stereocenters. The summed E-state index contributed by atoms with van der Waals surface area (Å²) in [4.78, 5) is 11.7. The third-order valence-corrected chi connectivity index (χ3v) is 9.73. The molecule has 0 aliphatic carbocycles. The molecule has 8 nitrogen and oxygen atoms in total. The predicted octanol–water partition coefficient (Wildman–Crippen LogP) is 4.43. The van der Waals surface area contributed by atoms with Crippen LogP contribution in [0.15, 0.2) is 51.7 Å². The molecule has 0 radical (unpaired) electrons. The van der Waals surface area contributed by atoms with E-state index in [0.29, 0.717) is 18.4 Å². The van der Waals surface area contributed by atoms with Crippen LogP contribution in [0.5, 0.6) is 0 Å². The summed E-state index contributed by atoms with van der Waals surface area (Å²) in [6.45, 7) is 3.40. The molecule has 0 saturated carbocycles. The van der Waals surface area contributed by atoms with Crippen LogP contribution in [0.2, 0.25) is 0 Å². The first-order valence-electron chi connectivity index (χ1n) is 12.2. The molecule has 1 fully saturated rings. The first-order chi connectivity index (χ1) is 17.6. The monoisotopic (exact) mass is 535 g/mol. The summed E-state index contributed by atoms with van der Waals surface area (Å²) in [5, 5.41) is 5.34. The van der Waals surface area contributed by atoms with E-state index in [4.69, 9.17) is 9.15 Å². The lowest BCUT2D eigenvalue weighted by molar-refractivity contribution is 0.163. The highest BCUT2D eigenvalue weighted by Crippen LogP contribution is 2.41. The summed E-state index contributed by atoms with van der Waals surface area (Å²) in [6.07, 6.45) is 1.47. The van der Waals surface area contributed by atoms with Gasteiger partial charge in [-0.2, -0.15) is 4.31 Å². The van der Waals surface area contributed by atoms with Crippen molar-refractivity contribution < 1.29 is 26.4 Å². The Morgan fingerprint density at radius 3 is 2.54 bits per heavy atom. The van der Waals surface area contributed by atoms with Crippen molar-refractivity contribution in [3.05, 3.63) is 87.2 Å². The number of halogens is 2. The van der Waals surface area contributed by atoms with Gasteiger partial charge in [0.05, 0.1) is 5.41 Å². The number of ether oxygens (including phenoxy) is 1. The average molecular weight is 536 g/mol. The Kier molecular flexibility index (Phi) is 7.96. The molecule has 3 aromatic rings. The molecule has 1 aromatic heterocycles. The van der Waals surface area contributed by atoms with Crippen molar-refractivity contribution in [3.8, 4) is 0 Å². The Bertz CT molecular complexity index is 1390. The Hall–Kier alpha value is -2.89. The molecule has 37 heavy (non-hydrogen) atoms. The van der Waals surface area contributed by atoms with Gasteiger partial charge in [0.2, 0.25) is 15.9 Å². The summed E-state index contributed by atoms with van der Waals surface area (Å²) >= 11 is 0. The molecule has 2 aromatic carbocycles. The van der Waals surface area contributed by atoms with Crippen LogP contribution in [0, 0.1) is 11.6 Å². The second kappa shape index (κ2) is 10.8. The van der Waals surface area contributed by atoms with Crippen molar-refractivity contribution in [1.82, 2.24) is 14.5 Å². The number of hydrogen-bond donors (Lipinski definition) is 1. The summed E-state index contributed by atoms with van der Waals surface area (Å²) < 4.78 is 69.9. The van der Waals surface area contributed by atoms with Gasteiger partial charge >= 0.3 is 5.76 Å². The minimum Gasteiger partial charge on any atom is -0.392 e. The molecule has 0 bridgehead atoms. The molecule has 1 saturated heterocycles. The Morgan fingerprint density at radius 1 is 1.19 bits per heavy atom. The van der Waals surface area contributed by atoms with Crippen LogP contribution in [0.3, 0.4) is 0 Å². The Balaban J connectivity index is 1.72. The first kappa shape index (κ1) is 27.2. The van der Waals surface area contributed by atoms with Crippen molar-refractivity contribution in [1.29, 1.82) is 0 Å². The van der Waals surface area contributed by atoms with Crippen molar-refractivity contribution in [3.63, 3.8) is 0 Å². The first-order valence-corrected chi connectivity index (χ1v) is 13.7. The van der Waals surface area contributed by atoms with Gasteiger partial charge in [0.25, 0.3) is 0 Å². The fraction of sp³-hybridized carbons (Fsp3) is 0.462. The van der Waals surface area contributed by atoms with Gasteiger partial charge in [0.15, 0.2) is 0 Å². The molecule has 2 heterocycles. The van der Waals surface area contributed by atoms with Crippen LogP contribution < -0.4 is 5.76 Å². The second-order valence-electron chi connectivity index (χ2n) is 9.44. The van der Waals surface area contributed by atoms with Crippen LogP contribution in [-0.2, 0) is 26.7 Å². The highest BCUT2D eigenvalue weighted by Gasteiger charge is 2.43. The number of aromatic amines is 1. The van der Waals surface area contributed by atoms with Gasteiger partial charge in [-0.25, -0.2) is 27.1 Å². The van der Waals surface area contributed by atoms with Crippen molar-refractivity contribution >= 4 is 10.0 Å². The van der Waals surface area contributed by atoms with Gasteiger partial charge in [0.1, 0.15) is 16.9 Å². The average Bonchev–Trinajstić information content (AvgIpc) is 3.31. The zero-order valence-corrected chi connectivity index (χ0v) is 21.9. The van der Waals surface area contributed by atoms with E-state index >= 15 is 8.78 Å². The van der Waals surface area contributed by atoms with E-state index in [9.17, 15) is 13.2 Å². The van der Waals surface area contributed by atoms with E-state index < -0.39 is 38.1 Å². The van der Waals surface area contributed by atoms with Gasteiger partial charge in [0, 0.05) is 37.4 Å². The van der Waals surface area contributed by atoms with Crippen molar-refractivity contribution in [2.24, 2.45) is 0 Å². The van der Waals surface area contributed by atoms with Crippen molar-refractivity contribution in [2.45, 2.75) is 62.8 Å². The number of aromatic nitrogens is 2. The van der Waals surface area contributed by atoms with Crippen LogP contribution in [-0.4, -0.2) is 42.7 Å². The van der Waals surface area contributed by atoms with Gasteiger partial charge in [-0.1, -0.05) is 37.3 Å². The number of hydrogen-bond acceptors (Lipinski definition) is 6. The van der Waals surface area contributed by atoms with E-state index in [1.165, 1.54) is 11.4 Å². The van der Waals surface area contributed by atoms with Crippen LogP contribution in [0.1, 0.15) is 67.4 Å². The molecule has 0 unspecified atom stereocenters. The molecule has 1 aliphatic rings. The molecule has 1 aliphatic heterocycles. The number of methoxy groups -OCH3 is 1. The van der Waals surface area contributed by atoms with E-state index in [0.717, 1.165) is 12.1 Å². The largest absolute Gasteiger partial charge is 0.434 e. The van der Waals surface area contributed by atoms with Crippen molar-refractivity contribution in [2.75, 3.05) is 13.7 Å². The summed E-state index contributed by atoms with van der Waals surface area (Å²) in [7, 11) is -2.35. The lowest BCUT2D eigenvalue weighted by Gasteiger charge is -2.37. The van der Waals surface area contributed by atoms with E-state index in [2.05, 4.69) is 10.2 Å². The quantitative estimate of drug-likeness (QED) is 0.435. The number of nitrogens with one attached hydrogen (secondary N) is 1. The molecule has 0 spiro atoms. The second-order valence-corrected chi connectivity index (χ2v) is 11.5. The zero-order valence-electron chi connectivity index (χ0n) is 21.0. The topological polar surface area (TPSA) is 106 Å². The van der Waals surface area contributed by atoms with Gasteiger partial charge < -0.3 is 9.15 Å². The zero-order chi connectivity index (χ0) is 26.8. The van der Waals surface area contributed by atoms with Crippen LogP contribution in [0.4, 0.5) is 8.78 Å². The highest BCUT2D eigenvalue weighted by atomic mass is 32.2. The number of benzene rings is 2. The van der Waals surface area contributed by atoms with E-state index in [1.807, 2.05) is 6.07 Å². The van der Waals surface area contributed by atoms with Crippen LogP contribution >= 0.6 is 0 Å². The summed E-state index contributed by atoms with van der Waals surface area (Å²) in [5.74, 6) is -2.38. The normalized spacial score (nSPS) is 21.5. The van der Waals surface area contributed by atoms with Gasteiger partial charge in [-0.3, -0.25) is 0 Å². The minimum absolute atomic E-state index is 0.0414. The molecule has 11 heteroatoms. The molecular formula is C26H31F2N3O5S. The van der Waals surface area contributed by atoms with Gasteiger partial charge in [-0.05, 0) is 50.3 Å². The summed E-state index contributed by atoms with van der Waals surface area (Å²) in [6, 6.07) is 10.6. The number of H-pyrrole nitrogens is 1. The Labute approximate surface area is 214 Å². The third kappa shape index (κ3) is 5.12. The maximum Gasteiger partial charge on any atom is 0.434 e. The molecule has 1 N–H and O–H groups in total. The molecule has 0 amide bonds. The summed E-state index contributed by atoms with van der Waals surface area (Å²) in [5.41, 5.74) is -0.708. The number of nitrogens with zero attached hydrogens (tertiary/aromatic N) is 2. The van der Waals surface area contributed by atoms with E-state index in [1.54, 1.807) is 38.1 Å². The third-order valence-electron chi connectivity index (χ3n) is 7.36. The molecule has 200 valence electrons. The predicted molar refractivity (Wildman–Crippen MR) is 133 cm³/mol. The fourth-order valence-corrected chi connectivity index (χ4v) is 7.37. The SMILES string of the molecule is CC[C@](CCOC)(c1n[nH]c(=O)o1)c1cc(F)c(CN2[C@@H](C)CC[C@H](c3ccccc3)S2(=O)=O)cc1F. The standard InChI is InChI=1S/C26H31F2N3O5S/c1-4-26(12-13-35-3,24-29-30-25(32)36-24)20-15-21(27)19(14-22(20)28)16-31-17(2)10-11-23(37(31,33)34)18-8-6-5-7-9-18/h5-9,14-15,17,23H,4,10-13,16H2,1-3H3,(H,30,32)/t17-,23+,26+/m0/s1. The maximum absolute atomic E-state index is 15.7. The smallest absolute Gasteiger partial charge is 0.392 e. The molecular weight excluding hydrogens is 504 g/mol. The lowest BCUT2D eigenvalue weighted by atomic mass is 9.74. The highest BCUT2D eigenvalue weighted by molar-refractivity contribution is 7.89. The van der Waals surface area contributed by atoms with Crippen LogP contribution in [0.25, 0.3) is 0 Å². The molecule has 4 rings (SSSR count). The minimum atomic E-state index is -3.83. The Morgan fingerprint density at radius 2 is 1.92 bits per heavy atom. The maximum atomic E-state index is 15.7. The lowest BCUT2D eigenvalue weighted by Crippen LogP contribution is -2.45. The number of rotatable bonds is 9. The van der Waals surface area contributed by atoms with E-state index in [-0.39, 0.29) is 49.1 Å². The fourth-order valence-electron chi connectivity index (χ4n) is 5.18. The number of sulfonamides is 1. The van der Waals surface area contributed by atoms with Gasteiger partial charge in [-0.15, -0.1) is 5.10 Å².